The second-order valence-corrected chi connectivity index (χ2v) is 4.22. The van der Waals surface area contributed by atoms with Crippen molar-refractivity contribution in [1.29, 1.82) is 0 Å². The Morgan fingerprint density at radius 1 is 1.37 bits per heavy atom. The molecule has 0 spiro atoms. The number of anilines is 1. The first-order chi connectivity index (χ1) is 8.93. The van der Waals surface area contributed by atoms with E-state index in [1.807, 2.05) is 19.1 Å². The van der Waals surface area contributed by atoms with Crippen molar-refractivity contribution in [2.75, 3.05) is 19.0 Å². The predicted octanol–water partition coefficient (Wildman–Crippen LogP) is 1.59. The number of hydrogen-bond acceptors (Lipinski definition) is 4. The number of aliphatic carboxylic acids is 2. The maximum Gasteiger partial charge on any atom is 0.308 e. The first kappa shape index (κ1) is 14.8. The summed E-state index contributed by atoms with van der Waals surface area (Å²) in [6.07, 6.45) is -0.420. The van der Waals surface area contributed by atoms with Gasteiger partial charge in [0, 0.05) is 6.54 Å². The first-order valence-corrected chi connectivity index (χ1v) is 5.77. The fraction of sp³-hybridized carbons (Fsp3) is 0.385. The molecule has 0 amide bonds. The van der Waals surface area contributed by atoms with Gasteiger partial charge in [-0.15, -0.1) is 0 Å². The monoisotopic (exact) mass is 267 g/mol. The van der Waals surface area contributed by atoms with Crippen molar-refractivity contribution in [3.63, 3.8) is 0 Å². The topological polar surface area (TPSA) is 95.9 Å². The smallest absolute Gasteiger partial charge is 0.308 e. The highest BCUT2D eigenvalue weighted by Gasteiger charge is 2.21. The molecule has 0 radical (unpaired) electrons. The number of carbonyl (C=O) groups is 2. The summed E-state index contributed by atoms with van der Waals surface area (Å²) >= 11 is 0. The van der Waals surface area contributed by atoms with E-state index in [1.165, 1.54) is 7.11 Å². The van der Waals surface area contributed by atoms with Crippen LogP contribution >= 0.6 is 0 Å². The van der Waals surface area contributed by atoms with E-state index in [4.69, 9.17) is 14.9 Å². The average Bonchev–Trinajstić information content (AvgIpc) is 2.34. The zero-order valence-electron chi connectivity index (χ0n) is 10.8. The number of aryl methyl sites for hydroxylation is 1. The van der Waals surface area contributed by atoms with Crippen LogP contribution < -0.4 is 10.1 Å². The third-order valence-electron chi connectivity index (χ3n) is 2.66. The Morgan fingerprint density at radius 2 is 2.05 bits per heavy atom. The number of carboxylic acids is 2. The fourth-order valence-corrected chi connectivity index (χ4v) is 1.65. The summed E-state index contributed by atoms with van der Waals surface area (Å²) in [6.45, 7) is 1.93. The lowest BCUT2D eigenvalue weighted by atomic mass is 10.1. The van der Waals surface area contributed by atoms with E-state index in [-0.39, 0.29) is 6.54 Å². The van der Waals surface area contributed by atoms with E-state index >= 15 is 0 Å². The maximum atomic E-state index is 10.9. The number of ether oxygens (including phenoxy) is 1. The van der Waals surface area contributed by atoms with Crippen molar-refractivity contribution in [1.82, 2.24) is 0 Å². The van der Waals surface area contributed by atoms with Gasteiger partial charge in [0.2, 0.25) is 0 Å². The first-order valence-electron chi connectivity index (χ1n) is 5.77. The Morgan fingerprint density at radius 3 is 2.58 bits per heavy atom. The lowest BCUT2D eigenvalue weighted by molar-refractivity contribution is -0.147. The Labute approximate surface area is 111 Å². The Kier molecular flexibility index (Phi) is 5.17. The van der Waals surface area contributed by atoms with Crippen molar-refractivity contribution < 1.29 is 24.5 Å². The van der Waals surface area contributed by atoms with Crippen LogP contribution in [-0.4, -0.2) is 35.8 Å². The molecule has 19 heavy (non-hydrogen) atoms. The molecule has 0 aliphatic rings. The Hall–Kier alpha value is -2.24. The average molecular weight is 267 g/mol. The Bertz CT molecular complexity index is 472. The molecular weight excluding hydrogens is 250 g/mol. The molecule has 104 valence electrons. The minimum atomic E-state index is -1.14. The van der Waals surface area contributed by atoms with E-state index in [0.29, 0.717) is 11.4 Å². The highest BCUT2D eigenvalue weighted by atomic mass is 16.5. The van der Waals surface area contributed by atoms with Crippen LogP contribution in [-0.2, 0) is 9.59 Å². The number of benzene rings is 1. The van der Waals surface area contributed by atoms with Gasteiger partial charge in [-0.3, -0.25) is 9.59 Å². The molecule has 0 aliphatic carbocycles. The largest absolute Gasteiger partial charge is 0.495 e. The van der Waals surface area contributed by atoms with Gasteiger partial charge in [-0.05, 0) is 24.6 Å². The zero-order valence-corrected chi connectivity index (χ0v) is 10.8. The third kappa shape index (κ3) is 4.50. The summed E-state index contributed by atoms with van der Waals surface area (Å²) in [4.78, 5) is 21.5. The quantitative estimate of drug-likeness (QED) is 0.694. The van der Waals surface area contributed by atoms with Crippen LogP contribution in [0.25, 0.3) is 0 Å². The number of carboxylic acid groups (broad SMARTS) is 2. The van der Waals surface area contributed by atoms with E-state index in [1.54, 1.807) is 6.07 Å². The van der Waals surface area contributed by atoms with Crippen LogP contribution in [0.2, 0.25) is 0 Å². The molecule has 0 saturated carbocycles. The lowest BCUT2D eigenvalue weighted by Gasteiger charge is -2.15. The van der Waals surface area contributed by atoms with Gasteiger partial charge in [0.05, 0.1) is 25.1 Å². The molecule has 1 aromatic carbocycles. The van der Waals surface area contributed by atoms with E-state index in [0.717, 1.165) is 5.56 Å². The molecule has 0 aliphatic heterocycles. The summed E-state index contributed by atoms with van der Waals surface area (Å²) in [6, 6.07) is 5.46. The minimum absolute atomic E-state index is 0.0292. The van der Waals surface area contributed by atoms with E-state index in [2.05, 4.69) is 5.32 Å². The van der Waals surface area contributed by atoms with Crippen molar-refractivity contribution in [3.05, 3.63) is 23.8 Å². The SMILES string of the molecule is COc1ccc(C)cc1NCC(CC(=O)O)C(=O)O. The number of rotatable bonds is 7. The van der Waals surface area contributed by atoms with E-state index in [9.17, 15) is 9.59 Å². The summed E-state index contributed by atoms with van der Waals surface area (Å²) in [5.41, 5.74) is 1.65. The number of nitrogens with one attached hydrogen (secondary N) is 1. The summed E-state index contributed by atoms with van der Waals surface area (Å²) < 4.78 is 5.15. The standard InChI is InChI=1S/C13H17NO5/c1-8-3-4-11(19-2)10(5-8)14-7-9(13(17)18)6-12(15)16/h3-5,9,14H,6-7H2,1-2H3,(H,15,16)(H,17,18). The highest BCUT2D eigenvalue weighted by molar-refractivity contribution is 5.78. The van der Waals surface area contributed by atoms with Crippen molar-refractivity contribution >= 4 is 17.6 Å². The van der Waals surface area contributed by atoms with Gasteiger partial charge in [-0.25, -0.2) is 0 Å². The molecule has 6 nitrogen and oxygen atoms in total. The van der Waals surface area contributed by atoms with Gasteiger partial charge >= 0.3 is 11.9 Å². The molecule has 0 aromatic heterocycles. The van der Waals surface area contributed by atoms with Crippen LogP contribution in [0, 0.1) is 12.8 Å². The minimum Gasteiger partial charge on any atom is -0.495 e. The van der Waals surface area contributed by atoms with Crippen molar-refractivity contribution in [2.45, 2.75) is 13.3 Å². The molecule has 0 saturated heterocycles. The Balaban J connectivity index is 2.76. The number of methoxy groups -OCH3 is 1. The third-order valence-corrected chi connectivity index (χ3v) is 2.66. The van der Waals surface area contributed by atoms with Crippen LogP contribution in [0.1, 0.15) is 12.0 Å². The molecule has 0 bridgehead atoms. The molecular formula is C13H17NO5. The van der Waals surface area contributed by atoms with Crippen molar-refractivity contribution in [2.24, 2.45) is 5.92 Å². The molecule has 0 fully saturated rings. The van der Waals surface area contributed by atoms with Gasteiger partial charge < -0.3 is 20.3 Å². The van der Waals surface area contributed by atoms with Crippen LogP contribution in [0.4, 0.5) is 5.69 Å². The molecule has 1 aromatic rings. The zero-order chi connectivity index (χ0) is 14.4. The lowest BCUT2D eigenvalue weighted by Crippen LogP contribution is -2.25. The van der Waals surface area contributed by atoms with Gasteiger partial charge in [0.1, 0.15) is 5.75 Å². The number of hydrogen-bond donors (Lipinski definition) is 3. The second kappa shape index (κ2) is 6.63. The summed E-state index contributed by atoms with van der Waals surface area (Å²) in [5, 5.41) is 20.5. The van der Waals surface area contributed by atoms with Gasteiger partial charge in [-0.2, -0.15) is 0 Å². The molecule has 0 heterocycles. The molecule has 1 rings (SSSR count). The fourth-order valence-electron chi connectivity index (χ4n) is 1.65. The van der Waals surface area contributed by atoms with Crippen LogP contribution in [0.15, 0.2) is 18.2 Å². The molecule has 3 N–H and O–H groups in total. The van der Waals surface area contributed by atoms with E-state index < -0.39 is 24.3 Å². The molecule has 1 unspecified atom stereocenters. The summed E-state index contributed by atoms with van der Waals surface area (Å²) in [7, 11) is 1.52. The second-order valence-electron chi connectivity index (χ2n) is 4.22. The van der Waals surface area contributed by atoms with Gasteiger partial charge in [0.25, 0.3) is 0 Å². The van der Waals surface area contributed by atoms with Crippen LogP contribution in [0.5, 0.6) is 5.75 Å². The van der Waals surface area contributed by atoms with Gasteiger partial charge in [-0.1, -0.05) is 6.07 Å². The van der Waals surface area contributed by atoms with Gasteiger partial charge in [0.15, 0.2) is 0 Å². The molecule has 6 heteroatoms. The summed E-state index contributed by atoms with van der Waals surface area (Å²) in [5.74, 6) is -2.67. The van der Waals surface area contributed by atoms with Crippen LogP contribution in [0.3, 0.4) is 0 Å². The normalized spacial score (nSPS) is 11.7. The molecule has 1 atom stereocenters. The maximum absolute atomic E-state index is 10.9. The predicted molar refractivity (Wildman–Crippen MR) is 69.6 cm³/mol. The highest BCUT2D eigenvalue weighted by Crippen LogP contribution is 2.25. The van der Waals surface area contributed by atoms with Crippen molar-refractivity contribution in [3.8, 4) is 5.75 Å².